The average molecular weight is 328 g/mol. The summed E-state index contributed by atoms with van der Waals surface area (Å²) in [5, 5.41) is 15.6. The van der Waals surface area contributed by atoms with Gasteiger partial charge in [0.1, 0.15) is 11.4 Å². The lowest BCUT2D eigenvalue weighted by Gasteiger charge is -2.19. The molecule has 0 fully saturated rings. The topological polar surface area (TPSA) is 116 Å². The highest BCUT2D eigenvalue weighted by molar-refractivity contribution is 5.84. The number of amides is 1. The third-order valence-corrected chi connectivity index (χ3v) is 2.53. The van der Waals surface area contributed by atoms with Gasteiger partial charge in [0.25, 0.3) is 5.82 Å². The molecule has 2 N–H and O–H groups in total. The molecule has 9 heteroatoms. The van der Waals surface area contributed by atoms with Crippen LogP contribution in [0.1, 0.15) is 44.1 Å². The summed E-state index contributed by atoms with van der Waals surface area (Å²) in [7, 11) is 0. The van der Waals surface area contributed by atoms with E-state index in [2.05, 4.69) is 15.4 Å². The summed E-state index contributed by atoms with van der Waals surface area (Å²) < 4.78 is 11.4. The molecule has 0 bridgehead atoms. The lowest BCUT2D eigenvalue weighted by molar-refractivity contribution is 0.0505. The molecule has 0 aliphatic heterocycles. The number of hydrogen-bond acceptors (Lipinski definition) is 7. The fourth-order valence-corrected chi connectivity index (χ4v) is 1.71. The average Bonchev–Trinajstić information content (AvgIpc) is 2.81. The van der Waals surface area contributed by atoms with Crippen molar-refractivity contribution >= 4 is 12.1 Å². The maximum Gasteiger partial charge on any atom is 0.407 e. The van der Waals surface area contributed by atoms with E-state index in [0.717, 1.165) is 0 Å². The SMILES string of the molecule is CCOC(=O)c1nc(CCNC(=O)OC(C)(C)C)n(CCO)n1. The number of nitrogens with one attached hydrogen (secondary N) is 1. The molecule has 1 aromatic rings. The largest absolute Gasteiger partial charge is 0.460 e. The van der Waals surface area contributed by atoms with Crippen LogP contribution in [0.15, 0.2) is 0 Å². The Morgan fingerprint density at radius 3 is 2.61 bits per heavy atom. The van der Waals surface area contributed by atoms with E-state index in [0.29, 0.717) is 12.2 Å². The van der Waals surface area contributed by atoms with E-state index in [4.69, 9.17) is 14.6 Å². The van der Waals surface area contributed by atoms with Crippen LogP contribution in [0, 0.1) is 0 Å². The number of alkyl carbamates (subject to hydrolysis) is 1. The van der Waals surface area contributed by atoms with E-state index in [1.807, 2.05) is 0 Å². The summed E-state index contributed by atoms with van der Waals surface area (Å²) in [5.74, 6) is -0.212. The zero-order chi connectivity index (χ0) is 17.5. The van der Waals surface area contributed by atoms with Gasteiger partial charge >= 0.3 is 12.1 Å². The molecular weight excluding hydrogens is 304 g/mol. The molecule has 0 spiro atoms. The van der Waals surface area contributed by atoms with Gasteiger partial charge in [0.15, 0.2) is 0 Å². The third-order valence-electron chi connectivity index (χ3n) is 2.53. The van der Waals surface area contributed by atoms with Gasteiger partial charge < -0.3 is 19.9 Å². The number of aromatic nitrogens is 3. The molecular formula is C14H24N4O5. The maximum absolute atomic E-state index is 11.6. The molecule has 1 amide bonds. The number of hydrogen-bond donors (Lipinski definition) is 2. The minimum Gasteiger partial charge on any atom is -0.460 e. The molecule has 0 aliphatic rings. The van der Waals surface area contributed by atoms with Crippen LogP contribution in [0.25, 0.3) is 0 Å². The summed E-state index contributed by atoms with van der Waals surface area (Å²) in [6, 6.07) is 0. The first kappa shape index (κ1) is 18.9. The lowest BCUT2D eigenvalue weighted by Crippen LogP contribution is -2.33. The van der Waals surface area contributed by atoms with E-state index >= 15 is 0 Å². The summed E-state index contributed by atoms with van der Waals surface area (Å²) in [4.78, 5) is 27.3. The van der Waals surface area contributed by atoms with Crippen molar-refractivity contribution in [3.63, 3.8) is 0 Å². The first-order valence-electron chi connectivity index (χ1n) is 7.45. The predicted molar refractivity (Wildman–Crippen MR) is 81.0 cm³/mol. The van der Waals surface area contributed by atoms with Crippen LogP contribution >= 0.6 is 0 Å². The van der Waals surface area contributed by atoms with Crippen molar-refractivity contribution in [2.24, 2.45) is 0 Å². The number of ether oxygens (including phenoxy) is 2. The Labute approximate surface area is 135 Å². The number of nitrogens with zero attached hydrogens (tertiary/aromatic N) is 3. The molecule has 1 rings (SSSR count). The number of aliphatic hydroxyl groups is 1. The second-order valence-corrected chi connectivity index (χ2v) is 5.70. The van der Waals surface area contributed by atoms with Crippen molar-refractivity contribution in [2.75, 3.05) is 19.8 Å². The molecule has 130 valence electrons. The highest BCUT2D eigenvalue weighted by Crippen LogP contribution is 2.06. The van der Waals surface area contributed by atoms with E-state index in [1.54, 1.807) is 27.7 Å². The summed E-state index contributed by atoms with van der Waals surface area (Å²) in [5.41, 5.74) is -0.571. The number of rotatable bonds is 7. The Morgan fingerprint density at radius 1 is 1.35 bits per heavy atom. The maximum atomic E-state index is 11.6. The number of carbonyl (C=O) groups excluding carboxylic acids is 2. The van der Waals surface area contributed by atoms with Gasteiger partial charge in [-0.1, -0.05) is 0 Å². The van der Waals surface area contributed by atoms with E-state index < -0.39 is 17.7 Å². The van der Waals surface area contributed by atoms with Crippen LogP contribution in [0.5, 0.6) is 0 Å². The van der Waals surface area contributed by atoms with Crippen molar-refractivity contribution in [3.05, 3.63) is 11.6 Å². The smallest absolute Gasteiger partial charge is 0.407 e. The molecule has 0 aliphatic carbocycles. The van der Waals surface area contributed by atoms with E-state index in [1.165, 1.54) is 4.68 Å². The van der Waals surface area contributed by atoms with Crippen LogP contribution in [0.2, 0.25) is 0 Å². The second-order valence-electron chi connectivity index (χ2n) is 5.70. The molecule has 0 unspecified atom stereocenters. The summed E-state index contributed by atoms with van der Waals surface area (Å²) in [6.45, 7) is 7.56. The van der Waals surface area contributed by atoms with Crippen molar-refractivity contribution < 1.29 is 24.2 Å². The minimum absolute atomic E-state index is 0.0624. The molecule has 9 nitrogen and oxygen atoms in total. The van der Waals surface area contributed by atoms with Crippen LogP contribution in [0.3, 0.4) is 0 Å². The van der Waals surface area contributed by atoms with Gasteiger partial charge in [-0.2, -0.15) is 0 Å². The van der Waals surface area contributed by atoms with Crippen LogP contribution in [0.4, 0.5) is 4.79 Å². The van der Waals surface area contributed by atoms with Gasteiger partial charge in [0.05, 0.1) is 19.8 Å². The Hall–Kier alpha value is -2.16. The van der Waals surface area contributed by atoms with Crippen molar-refractivity contribution in [3.8, 4) is 0 Å². The van der Waals surface area contributed by atoms with Crippen LogP contribution < -0.4 is 5.32 Å². The Kier molecular flexibility index (Phi) is 6.95. The van der Waals surface area contributed by atoms with Gasteiger partial charge in [0.2, 0.25) is 0 Å². The van der Waals surface area contributed by atoms with Gasteiger partial charge in [-0.25, -0.2) is 19.3 Å². The number of aliphatic hydroxyl groups excluding tert-OH is 1. The molecule has 23 heavy (non-hydrogen) atoms. The van der Waals surface area contributed by atoms with Crippen molar-refractivity contribution in [2.45, 2.75) is 46.3 Å². The first-order valence-corrected chi connectivity index (χ1v) is 7.45. The third kappa shape index (κ3) is 6.64. The van der Waals surface area contributed by atoms with Gasteiger partial charge in [-0.15, -0.1) is 5.10 Å². The molecule has 0 radical (unpaired) electrons. The molecule has 1 aromatic heterocycles. The molecule has 0 saturated carbocycles. The number of esters is 1. The van der Waals surface area contributed by atoms with Crippen LogP contribution in [-0.2, 0) is 22.4 Å². The highest BCUT2D eigenvalue weighted by atomic mass is 16.6. The number of carbonyl (C=O) groups is 2. The Bertz CT molecular complexity index is 536. The van der Waals surface area contributed by atoms with E-state index in [-0.39, 0.29) is 32.1 Å². The fourth-order valence-electron chi connectivity index (χ4n) is 1.71. The summed E-state index contributed by atoms with van der Waals surface area (Å²) in [6.07, 6.45) is -0.192. The Balaban J connectivity index is 2.64. The standard InChI is InChI=1S/C14H24N4O5/c1-5-22-12(20)11-16-10(18(17-11)8-9-19)6-7-15-13(21)23-14(2,3)4/h19H,5-9H2,1-4H3,(H,15,21). The zero-order valence-corrected chi connectivity index (χ0v) is 14.0. The Morgan fingerprint density at radius 2 is 2.04 bits per heavy atom. The minimum atomic E-state index is -0.620. The first-order chi connectivity index (χ1) is 10.8. The predicted octanol–water partition coefficient (Wildman–Crippen LogP) is 0.514. The molecule has 0 aromatic carbocycles. The highest BCUT2D eigenvalue weighted by Gasteiger charge is 2.18. The zero-order valence-electron chi connectivity index (χ0n) is 14.0. The summed E-state index contributed by atoms with van der Waals surface area (Å²) >= 11 is 0. The van der Waals surface area contributed by atoms with Crippen molar-refractivity contribution in [1.29, 1.82) is 0 Å². The second kappa shape index (κ2) is 8.47. The lowest BCUT2D eigenvalue weighted by atomic mass is 10.2. The van der Waals surface area contributed by atoms with Gasteiger partial charge in [-0.3, -0.25) is 0 Å². The van der Waals surface area contributed by atoms with Crippen molar-refractivity contribution in [1.82, 2.24) is 20.1 Å². The molecule has 0 saturated heterocycles. The quantitative estimate of drug-likeness (QED) is 0.701. The molecule has 1 heterocycles. The van der Waals surface area contributed by atoms with Gasteiger partial charge in [0, 0.05) is 13.0 Å². The monoisotopic (exact) mass is 328 g/mol. The van der Waals surface area contributed by atoms with Crippen LogP contribution in [-0.4, -0.2) is 57.3 Å². The van der Waals surface area contributed by atoms with Gasteiger partial charge in [-0.05, 0) is 27.7 Å². The molecule has 0 atom stereocenters. The van der Waals surface area contributed by atoms with E-state index in [9.17, 15) is 9.59 Å². The fraction of sp³-hybridized carbons (Fsp3) is 0.714. The normalized spacial score (nSPS) is 11.2.